The zero-order chi connectivity index (χ0) is 14.3. The summed E-state index contributed by atoms with van der Waals surface area (Å²) in [5.41, 5.74) is 22.3. The first-order chi connectivity index (χ1) is 9.52. The molecule has 0 saturated heterocycles. The third-order valence-electron chi connectivity index (χ3n) is 3.31. The molecule has 0 spiro atoms. The van der Waals surface area contributed by atoms with E-state index in [4.69, 9.17) is 22.9 Å². The fraction of sp³-hybridized carbons (Fsp3) is 0.400. The minimum absolute atomic E-state index is 0.0313. The quantitative estimate of drug-likeness (QED) is 0.532. The van der Waals surface area contributed by atoms with Crippen LogP contribution in [-0.2, 0) is 0 Å². The Kier molecular flexibility index (Phi) is 2.70. The van der Waals surface area contributed by atoms with Crippen molar-refractivity contribution < 1.29 is 0 Å². The number of nitrogen functional groups attached to an aromatic ring is 4. The lowest BCUT2D eigenvalue weighted by Gasteiger charge is -2.34. The highest BCUT2D eigenvalue weighted by Gasteiger charge is 2.38. The van der Waals surface area contributed by atoms with E-state index in [-0.39, 0.29) is 35.6 Å². The van der Waals surface area contributed by atoms with Gasteiger partial charge in [0.05, 0.1) is 0 Å². The molecular weight excluding hydrogens is 260 g/mol. The van der Waals surface area contributed by atoms with Crippen molar-refractivity contribution in [3.8, 4) is 0 Å². The molecule has 0 unspecified atom stereocenters. The largest absolute Gasteiger partial charge is 0.368 e. The van der Waals surface area contributed by atoms with Crippen molar-refractivity contribution in [2.75, 3.05) is 22.9 Å². The zero-order valence-corrected chi connectivity index (χ0v) is 10.6. The molecule has 0 radical (unpaired) electrons. The Bertz CT molecular complexity index is 558. The van der Waals surface area contributed by atoms with Gasteiger partial charge in [-0.2, -0.15) is 29.9 Å². The third kappa shape index (κ3) is 2.11. The van der Waals surface area contributed by atoms with Gasteiger partial charge >= 0.3 is 0 Å². The van der Waals surface area contributed by atoms with Crippen molar-refractivity contribution in [2.24, 2.45) is 0 Å². The molecule has 104 valence electrons. The van der Waals surface area contributed by atoms with Crippen molar-refractivity contribution >= 4 is 23.8 Å². The van der Waals surface area contributed by atoms with Gasteiger partial charge < -0.3 is 22.9 Å². The minimum atomic E-state index is 0.0313. The summed E-state index contributed by atoms with van der Waals surface area (Å²) in [7, 11) is 0. The molecule has 0 aromatic carbocycles. The molecule has 0 amide bonds. The second kappa shape index (κ2) is 4.40. The van der Waals surface area contributed by atoms with Gasteiger partial charge in [-0.3, -0.25) is 0 Å². The molecular formula is C10H14N10. The molecule has 3 rings (SSSR count). The van der Waals surface area contributed by atoms with Crippen LogP contribution in [0.2, 0.25) is 0 Å². The van der Waals surface area contributed by atoms with Crippen LogP contribution in [0.4, 0.5) is 23.8 Å². The van der Waals surface area contributed by atoms with Crippen molar-refractivity contribution in [3.63, 3.8) is 0 Å². The monoisotopic (exact) mass is 274 g/mol. The van der Waals surface area contributed by atoms with E-state index in [9.17, 15) is 0 Å². The van der Waals surface area contributed by atoms with Gasteiger partial charge in [0.2, 0.25) is 23.8 Å². The van der Waals surface area contributed by atoms with Crippen molar-refractivity contribution in [3.05, 3.63) is 11.6 Å². The summed E-state index contributed by atoms with van der Waals surface area (Å²) in [4.78, 5) is 24.0. The Labute approximate surface area is 114 Å². The van der Waals surface area contributed by atoms with E-state index in [2.05, 4.69) is 29.9 Å². The predicted molar refractivity (Wildman–Crippen MR) is 72.0 cm³/mol. The zero-order valence-electron chi connectivity index (χ0n) is 10.6. The molecule has 10 nitrogen and oxygen atoms in total. The van der Waals surface area contributed by atoms with Crippen LogP contribution in [0.5, 0.6) is 0 Å². The lowest BCUT2D eigenvalue weighted by molar-refractivity contribution is 0.319. The number of hydrogen-bond donors (Lipinski definition) is 4. The van der Waals surface area contributed by atoms with E-state index < -0.39 is 0 Å². The lowest BCUT2D eigenvalue weighted by atomic mass is 9.72. The molecule has 8 N–H and O–H groups in total. The average Bonchev–Trinajstić information content (AvgIpc) is 2.23. The van der Waals surface area contributed by atoms with Gasteiger partial charge in [0.1, 0.15) is 11.6 Å². The molecule has 0 aliphatic heterocycles. The Balaban J connectivity index is 1.92. The summed E-state index contributed by atoms with van der Waals surface area (Å²) in [5, 5.41) is 0. The lowest BCUT2D eigenvalue weighted by Crippen LogP contribution is -2.27. The second-order valence-corrected chi connectivity index (χ2v) is 4.61. The standard InChI is InChI=1S/C10H14N10/c11-7-15-5(16-8(12)19-7)3-1-2-4(3)6-17-9(13)20-10(14)18-6/h3-4H,1-2H2,(H4,11,12,15,16,19)(H4,13,14,17,18,20)/t3-,4+. The molecule has 10 heteroatoms. The first-order valence-corrected chi connectivity index (χ1v) is 6.07. The highest BCUT2D eigenvalue weighted by atomic mass is 15.2. The van der Waals surface area contributed by atoms with Gasteiger partial charge in [0.15, 0.2) is 0 Å². The van der Waals surface area contributed by atoms with Gasteiger partial charge in [-0.15, -0.1) is 0 Å². The van der Waals surface area contributed by atoms with Gasteiger partial charge in [0, 0.05) is 11.8 Å². The van der Waals surface area contributed by atoms with Crippen LogP contribution in [0.25, 0.3) is 0 Å². The number of anilines is 4. The molecule has 1 aliphatic carbocycles. The SMILES string of the molecule is Nc1nc(N)nc([C@H]2CC[C@H]2c2nc(N)nc(N)n2)n1. The van der Waals surface area contributed by atoms with E-state index in [1.54, 1.807) is 0 Å². The number of nitrogens with two attached hydrogens (primary N) is 4. The van der Waals surface area contributed by atoms with Gasteiger partial charge in [-0.25, -0.2) is 0 Å². The van der Waals surface area contributed by atoms with Crippen LogP contribution in [-0.4, -0.2) is 29.9 Å². The molecule has 1 fully saturated rings. The van der Waals surface area contributed by atoms with Gasteiger partial charge in [-0.1, -0.05) is 0 Å². The molecule has 1 aliphatic rings. The Morgan fingerprint density at radius 1 is 0.550 bits per heavy atom. The summed E-state index contributed by atoms with van der Waals surface area (Å²) in [5.74, 6) is 1.57. The smallest absolute Gasteiger partial charge is 0.225 e. The van der Waals surface area contributed by atoms with E-state index in [0.29, 0.717) is 11.6 Å². The summed E-state index contributed by atoms with van der Waals surface area (Å²) in [6.07, 6.45) is 1.78. The predicted octanol–water partition coefficient (Wildman–Crippen LogP) is -0.953. The van der Waals surface area contributed by atoms with E-state index >= 15 is 0 Å². The maximum atomic E-state index is 5.58. The third-order valence-corrected chi connectivity index (χ3v) is 3.31. The molecule has 2 atom stereocenters. The van der Waals surface area contributed by atoms with Gasteiger partial charge in [0.25, 0.3) is 0 Å². The maximum Gasteiger partial charge on any atom is 0.225 e. The first kappa shape index (κ1) is 12.3. The van der Waals surface area contributed by atoms with E-state index in [0.717, 1.165) is 12.8 Å². The summed E-state index contributed by atoms with van der Waals surface area (Å²) in [6.45, 7) is 0. The van der Waals surface area contributed by atoms with Crippen LogP contribution in [0.15, 0.2) is 0 Å². The van der Waals surface area contributed by atoms with E-state index in [1.807, 2.05) is 0 Å². The number of aromatic nitrogens is 6. The first-order valence-electron chi connectivity index (χ1n) is 6.07. The van der Waals surface area contributed by atoms with Crippen molar-refractivity contribution in [1.82, 2.24) is 29.9 Å². The van der Waals surface area contributed by atoms with Crippen LogP contribution in [0.3, 0.4) is 0 Å². The molecule has 2 heterocycles. The topological polar surface area (TPSA) is 181 Å². The van der Waals surface area contributed by atoms with Crippen molar-refractivity contribution in [2.45, 2.75) is 24.7 Å². The molecule has 20 heavy (non-hydrogen) atoms. The highest BCUT2D eigenvalue weighted by Crippen LogP contribution is 2.47. The number of nitrogens with zero attached hydrogens (tertiary/aromatic N) is 6. The number of rotatable bonds is 2. The fourth-order valence-corrected chi connectivity index (χ4v) is 2.30. The highest BCUT2D eigenvalue weighted by molar-refractivity contribution is 5.32. The normalized spacial score (nSPS) is 21.4. The number of hydrogen-bond acceptors (Lipinski definition) is 10. The van der Waals surface area contributed by atoms with Crippen LogP contribution in [0.1, 0.15) is 36.3 Å². The second-order valence-electron chi connectivity index (χ2n) is 4.61. The molecule has 1 saturated carbocycles. The fourth-order valence-electron chi connectivity index (χ4n) is 2.30. The molecule has 2 aromatic rings. The Hall–Kier alpha value is -2.78. The Morgan fingerprint density at radius 2 is 0.850 bits per heavy atom. The van der Waals surface area contributed by atoms with Crippen LogP contribution >= 0.6 is 0 Å². The van der Waals surface area contributed by atoms with E-state index in [1.165, 1.54) is 0 Å². The van der Waals surface area contributed by atoms with Crippen molar-refractivity contribution in [1.29, 1.82) is 0 Å². The summed E-state index contributed by atoms with van der Waals surface area (Å²) in [6, 6.07) is 0. The van der Waals surface area contributed by atoms with Crippen LogP contribution < -0.4 is 22.9 Å². The minimum Gasteiger partial charge on any atom is -0.368 e. The summed E-state index contributed by atoms with van der Waals surface area (Å²) < 4.78 is 0. The average molecular weight is 274 g/mol. The summed E-state index contributed by atoms with van der Waals surface area (Å²) >= 11 is 0. The Morgan fingerprint density at radius 3 is 1.10 bits per heavy atom. The van der Waals surface area contributed by atoms with Gasteiger partial charge in [-0.05, 0) is 12.8 Å². The van der Waals surface area contributed by atoms with Crippen LogP contribution in [0, 0.1) is 0 Å². The maximum absolute atomic E-state index is 5.58. The molecule has 2 aromatic heterocycles. The molecule has 0 bridgehead atoms.